The number of carbonyl (C=O) groups is 1. The van der Waals surface area contributed by atoms with E-state index < -0.39 is 12.1 Å². The van der Waals surface area contributed by atoms with Crippen molar-refractivity contribution in [1.82, 2.24) is 24.5 Å². The van der Waals surface area contributed by atoms with Gasteiger partial charge in [0, 0.05) is 31.9 Å². The summed E-state index contributed by atoms with van der Waals surface area (Å²) in [7, 11) is 1.64. The predicted molar refractivity (Wildman–Crippen MR) is 81.3 cm³/mol. The molecule has 0 atom stereocenters. The molecule has 0 N–H and O–H groups in total. The molecule has 0 spiro atoms. The van der Waals surface area contributed by atoms with Gasteiger partial charge in [-0.2, -0.15) is 10.2 Å². The van der Waals surface area contributed by atoms with E-state index in [4.69, 9.17) is 11.6 Å². The summed E-state index contributed by atoms with van der Waals surface area (Å²) in [6, 6.07) is 0. The molecule has 2 aromatic rings. The highest BCUT2D eigenvalue weighted by Gasteiger charge is 2.22. The van der Waals surface area contributed by atoms with Crippen LogP contribution in [0, 0.1) is 6.92 Å². The first-order valence-corrected chi connectivity index (χ1v) is 7.47. The van der Waals surface area contributed by atoms with Gasteiger partial charge in [-0.15, -0.1) is 0 Å². The van der Waals surface area contributed by atoms with Crippen LogP contribution in [0.3, 0.4) is 0 Å². The minimum atomic E-state index is -2.77. The number of nitrogens with zero attached hydrogens (tertiary/aromatic N) is 5. The van der Waals surface area contributed by atoms with Crippen molar-refractivity contribution in [2.75, 3.05) is 7.05 Å². The third-order valence-electron chi connectivity index (χ3n) is 3.51. The van der Waals surface area contributed by atoms with E-state index in [1.807, 2.05) is 13.1 Å². The zero-order chi connectivity index (χ0) is 17.1. The Bertz CT molecular complexity index is 697. The van der Waals surface area contributed by atoms with E-state index in [0.29, 0.717) is 12.2 Å². The lowest BCUT2D eigenvalue weighted by Crippen LogP contribution is -2.30. The van der Waals surface area contributed by atoms with Crippen LogP contribution in [0.2, 0.25) is 5.02 Å². The Morgan fingerprint density at radius 1 is 1.48 bits per heavy atom. The number of alkyl halides is 2. The molecule has 2 aromatic heterocycles. The first-order chi connectivity index (χ1) is 10.8. The minimum Gasteiger partial charge on any atom is -0.340 e. The van der Waals surface area contributed by atoms with Gasteiger partial charge in [-0.25, -0.2) is 8.78 Å². The summed E-state index contributed by atoms with van der Waals surface area (Å²) < 4.78 is 28.5. The second kappa shape index (κ2) is 7.08. The molecule has 0 aliphatic carbocycles. The number of aryl methyl sites for hydroxylation is 1. The highest BCUT2D eigenvalue weighted by atomic mass is 35.5. The fraction of sp³-hybridized carbons (Fsp3) is 0.500. The van der Waals surface area contributed by atoms with Gasteiger partial charge in [0.2, 0.25) is 5.91 Å². The molecule has 0 bridgehead atoms. The molecule has 0 radical (unpaired) electrons. The van der Waals surface area contributed by atoms with Gasteiger partial charge in [-0.05, 0) is 13.8 Å². The summed E-state index contributed by atoms with van der Waals surface area (Å²) in [6.45, 7) is 4.51. The summed E-state index contributed by atoms with van der Waals surface area (Å²) in [5.41, 5.74) is 0.748. The van der Waals surface area contributed by atoms with Crippen molar-refractivity contribution in [2.45, 2.75) is 39.9 Å². The molecule has 6 nitrogen and oxygen atoms in total. The van der Waals surface area contributed by atoms with Crippen LogP contribution in [-0.2, 0) is 24.4 Å². The molecular weight excluding hydrogens is 328 g/mol. The molecule has 0 saturated heterocycles. The van der Waals surface area contributed by atoms with E-state index in [2.05, 4.69) is 10.2 Å². The van der Waals surface area contributed by atoms with Gasteiger partial charge in [0.05, 0.1) is 16.9 Å². The van der Waals surface area contributed by atoms with Crippen LogP contribution in [0.15, 0.2) is 12.4 Å². The van der Waals surface area contributed by atoms with Crippen LogP contribution in [-0.4, -0.2) is 37.4 Å². The van der Waals surface area contributed by atoms with Gasteiger partial charge in [-0.1, -0.05) is 11.6 Å². The maximum absolute atomic E-state index is 12.8. The first kappa shape index (κ1) is 17.4. The number of aromatic nitrogens is 4. The lowest BCUT2D eigenvalue weighted by molar-refractivity contribution is -0.131. The monoisotopic (exact) mass is 345 g/mol. The van der Waals surface area contributed by atoms with Gasteiger partial charge in [0.25, 0.3) is 6.43 Å². The first-order valence-electron chi connectivity index (χ1n) is 7.09. The van der Waals surface area contributed by atoms with Crippen molar-refractivity contribution in [1.29, 1.82) is 0 Å². The summed E-state index contributed by atoms with van der Waals surface area (Å²) in [4.78, 5) is 13.7. The second-order valence-electron chi connectivity index (χ2n) is 5.20. The molecule has 1 amide bonds. The molecule has 0 aliphatic heterocycles. The van der Waals surface area contributed by atoms with Crippen molar-refractivity contribution >= 4 is 17.5 Å². The van der Waals surface area contributed by atoms with Gasteiger partial charge >= 0.3 is 0 Å². The van der Waals surface area contributed by atoms with Gasteiger partial charge < -0.3 is 4.90 Å². The Balaban J connectivity index is 2.05. The Morgan fingerprint density at radius 2 is 2.17 bits per heavy atom. The third-order valence-corrected chi connectivity index (χ3v) is 3.97. The largest absolute Gasteiger partial charge is 0.340 e. The van der Waals surface area contributed by atoms with Crippen molar-refractivity contribution < 1.29 is 13.6 Å². The Kier molecular flexibility index (Phi) is 5.35. The SMILES string of the molecule is CCn1cc(CN(C)C(=O)Cn2nc(C(F)F)c(Cl)c2C)cn1. The fourth-order valence-electron chi connectivity index (χ4n) is 2.11. The van der Waals surface area contributed by atoms with E-state index in [1.165, 1.54) is 9.58 Å². The van der Waals surface area contributed by atoms with E-state index in [-0.39, 0.29) is 17.5 Å². The normalized spacial score (nSPS) is 11.3. The summed E-state index contributed by atoms with van der Waals surface area (Å²) >= 11 is 5.82. The number of halogens is 3. The number of rotatable bonds is 6. The maximum Gasteiger partial charge on any atom is 0.283 e. The maximum atomic E-state index is 12.8. The topological polar surface area (TPSA) is 56.0 Å². The lowest BCUT2D eigenvalue weighted by atomic mass is 10.3. The van der Waals surface area contributed by atoms with Crippen molar-refractivity contribution in [2.24, 2.45) is 0 Å². The minimum absolute atomic E-state index is 0.0975. The summed E-state index contributed by atoms with van der Waals surface area (Å²) in [6.07, 6.45) is 0.780. The van der Waals surface area contributed by atoms with Crippen molar-refractivity contribution in [3.05, 3.63) is 34.4 Å². The van der Waals surface area contributed by atoms with Gasteiger partial charge in [0.1, 0.15) is 12.2 Å². The molecule has 0 saturated carbocycles. The smallest absolute Gasteiger partial charge is 0.283 e. The van der Waals surface area contributed by atoms with Gasteiger partial charge in [-0.3, -0.25) is 14.2 Å². The molecule has 2 heterocycles. The zero-order valence-corrected chi connectivity index (χ0v) is 13.9. The molecule has 23 heavy (non-hydrogen) atoms. The zero-order valence-electron chi connectivity index (χ0n) is 13.1. The lowest BCUT2D eigenvalue weighted by Gasteiger charge is -2.16. The summed E-state index contributed by atoms with van der Waals surface area (Å²) in [5, 5.41) is 7.77. The highest BCUT2D eigenvalue weighted by molar-refractivity contribution is 6.31. The Morgan fingerprint density at radius 3 is 2.70 bits per heavy atom. The summed E-state index contributed by atoms with van der Waals surface area (Å²) in [5.74, 6) is -0.252. The number of carbonyl (C=O) groups excluding carboxylic acids is 1. The van der Waals surface area contributed by atoms with Crippen LogP contribution >= 0.6 is 11.6 Å². The number of hydrogen-bond donors (Lipinski definition) is 0. The number of hydrogen-bond acceptors (Lipinski definition) is 3. The predicted octanol–water partition coefficient (Wildman–Crippen LogP) is 2.66. The molecular formula is C14H18ClF2N5O. The molecule has 0 fully saturated rings. The van der Waals surface area contributed by atoms with Crippen LogP contribution in [0.25, 0.3) is 0 Å². The molecule has 0 aromatic carbocycles. The standard InChI is InChI=1S/C14H18ClF2N5O/c1-4-21-7-10(5-18-21)6-20(3)11(23)8-22-9(2)12(15)13(19-22)14(16)17/h5,7,14H,4,6,8H2,1-3H3. The van der Waals surface area contributed by atoms with E-state index in [0.717, 1.165) is 12.1 Å². The average Bonchev–Trinajstić information content (AvgIpc) is 3.06. The van der Waals surface area contributed by atoms with Crippen LogP contribution in [0.4, 0.5) is 8.78 Å². The molecule has 2 rings (SSSR count). The number of amides is 1. The Hall–Kier alpha value is -1.96. The van der Waals surface area contributed by atoms with Crippen LogP contribution < -0.4 is 0 Å². The van der Waals surface area contributed by atoms with Crippen LogP contribution in [0.1, 0.15) is 30.3 Å². The Labute approximate surface area is 137 Å². The van der Waals surface area contributed by atoms with E-state index in [1.54, 1.807) is 24.9 Å². The molecule has 0 aliphatic rings. The highest BCUT2D eigenvalue weighted by Crippen LogP contribution is 2.28. The number of likely N-dealkylation sites (N-methyl/N-ethyl adjacent to an activating group) is 1. The fourth-order valence-corrected chi connectivity index (χ4v) is 2.33. The quantitative estimate of drug-likeness (QED) is 0.808. The van der Waals surface area contributed by atoms with Crippen LogP contribution in [0.5, 0.6) is 0 Å². The molecule has 9 heteroatoms. The van der Waals surface area contributed by atoms with Gasteiger partial charge in [0.15, 0.2) is 0 Å². The molecule has 0 unspecified atom stereocenters. The second-order valence-corrected chi connectivity index (χ2v) is 5.58. The molecule has 126 valence electrons. The average molecular weight is 346 g/mol. The van der Waals surface area contributed by atoms with Crippen molar-refractivity contribution in [3.8, 4) is 0 Å². The van der Waals surface area contributed by atoms with E-state index >= 15 is 0 Å². The van der Waals surface area contributed by atoms with E-state index in [9.17, 15) is 13.6 Å². The van der Waals surface area contributed by atoms with Crippen molar-refractivity contribution in [3.63, 3.8) is 0 Å². The third kappa shape index (κ3) is 3.87.